The van der Waals surface area contributed by atoms with Gasteiger partial charge in [0.05, 0.1) is 0 Å². The number of anilines is 1. The molecule has 0 saturated carbocycles. The average Bonchev–Trinajstić information content (AvgIpc) is 2.08. The fourth-order valence-corrected chi connectivity index (χ4v) is 0.834. The van der Waals surface area contributed by atoms with E-state index in [0.717, 1.165) is 10.7 Å². The molecule has 1 aromatic carbocycles. The molecule has 11 heavy (non-hydrogen) atoms. The number of benzene rings is 1. The van der Waals surface area contributed by atoms with Crippen LogP contribution in [0.25, 0.3) is 0 Å². The van der Waals surface area contributed by atoms with Crippen molar-refractivity contribution >= 4 is 24.1 Å². The van der Waals surface area contributed by atoms with E-state index >= 15 is 0 Å². The Bertz CT molecular complexity index is 215. The molecule has 0 spiro atoms. The highest BCUT2D eigenvalue weighted by atomic mass is 35.5. The van der Waals surface area contributed by atoms with Crippen molar-refractivity contribution in [1.29, 1.82) is 0 Å². The fraction of sp³-hybridized carbons (Fsp3) is 0.125. The van der Waals surface area contributed by atoms with Crippen LogP contribution < -0.4 is 5.32 Å². The number of hydrogen-bond donors (Lipinski definition) is 1. The van der Waals surface area contributed by atoms with E-state index in [0.29, 0.717) is 0 Å². The van der Waals surface area contributed by atoms with Gasteiger partial charge in [-0.15, -0.1) is 0 Å². The summed E-state index contributed by atoms with van der Waals surface area (Å²) in [6.45, 7) is 2.00. The second-order valence-corrected chi connectivity index (χ2v) is 2.20. The molecular formula is C8H10ClNO. The summed E-state index contributed by atoms with van der Waals surface area (Å²) in [5.74, 6) is 0. The highest BCUT2D eigenvalue weighted by molar-refractivity contribution is 6.30. The molecule has 0 radical (unpaired) electrons. The van der Waals surface area contributed by atoms with Gasteiger partial charge in [0.25, 0.3) is 0 Å². The van der Waals surface area contributed by atoms with Crippen molar-refractivity contribution in [3.8, 4) is 0 Å². The second kappa shape index (κ2) is 5.74. The van der Waals surface area contributed by atoms with Gasteiger partial charge >= 0.3 is 0 Å². The Balaban J connectivity index is 0.000000461. The first kappa shape index (κ1) is 9.98. The maximum atomic E-state index is 8.00. The molecule has 0 aliphatic carbocycles. The van der Waals surface area contributed by atoms with E-state index in [1.807, 2.05) is 38.1 Å². The molecule has 3 heteroatoms. The van der Waals surface area contributed by atoms with E-state index in [-0.39, 0.29) is 0 Å². The van der Waals surface area contributed by atoms with Gasteiger partial charge in [-0.25, -0.2) is 0 Å². The summed E-state index contributed by atoms with van der Waals surface area (Å²) in [5.41, 5.74) is 1.04. The zero-order valence-corrected chi connectivity index (χ0v) is 7.06. The van der Waals surface area contributed by atoms with Crippen LogP contribution in [0.4, 0.5) is 5.69 Å². The van der Waals surface area contributed by atoms with Gasteiger partial charge in [-0.05, 0) is 18.2 Å². The van der Waals surface area contributed by atoms with Gasteiger partial charge in [0.1, 0.15) is 6.79 Å². The van der Waals surface area contributed by atoms with E-state index < -0.39 is 0 Å². The average molecular weight is 172 g/mol. The highest BCUT2D eigenvalue weighted by Gasteiger charge is 1.86. The molecule has 0 heterocycles. The SMILES string of the molecule is C=O.CNc1cccc(Cl)c1. The summed E-state index contributed by atoms with van der Waals surface area (Å²) < 4.78 is 0. The maximum absolute atomic E-state index is 8.00. The molecule has 0 bridgehead atoms. The molecule has 0 amide bonds. The minimum atomic E-state index is 0.766. The Hall–Kier alpha value is -1.02. The third-order valence-electron chi connectivity index (χ3n) is 1.11. The van der Waals surface area contributed by atoms with Gasteiger partial charge in [0.15, 0.2) is 0 Å². The number of rotatable bonds is 1. The van der Waals surface area contributed by atoms with Gasteiger partial charge in [-0.2, -0.15) is 0 Å². The summed E-state index contributed by atoms with van der Waals surface area (Å²) in [4.78, 5) is 8.00. The van der Waals surface area contributed by atoms with E-state index in [4.69, 9.17) is 16.4 Å². The largest absolute Gasteiger partial charge is 0.388 e. The van der Waals surface area contributed by atoms with Crippen LogP contribution in [0.3, 0.4) is 0 Å². The normalized spacial score (nSPS) is 7.82. The van der Waals surface area contributed by atoms with E-state index in [2.05, 4.69) is 5.32 Å². The number of carbonyl (C=O) groups is 1. The number of halogens is 1. The van der Waals surface area contributed by atoms with E-state index in [9.17, 15) is 0 Å². The van der Waals surface area contributed by atoms with Gasteiger partial charge in [0, 0.05) is 17.8 Å². The summed E-state index contributed by atoms with van der Waals surface area (Å²) in [6.07, 6.45) is 0. The highest BCUT2D eigenvalue weighted by Crippen LogP contribution is 2.13. The topological polar surface area (TPSA) is 29.1 Å². The molecule has 1 aromatic rings. The minimum absolute atomic E-state index is 0.766. The standard InChI is InChI=1S/C7H8ClN.CH2O/c1-9-7-4-2-3-6(8)5-7;1-2/h2-5,9H,1H3;1H2. The molecule has 2 nitrogen and oxygen atoms in total. The van der Waals surface area contributed by atoms with Crippen molar-refractivity contribution in [3.05, 3.63) is 29.3 Å². The lowest BCUT2D eigenvalue weighted by Gasteiger charge is -1.97. The summed E-state index contributed by atoms with van der Waals surface area (Å²) in [5, 5.41) is 3.75. The third kappa shape index (κ3) is 3.63. The van der Waals surface area contributed by atoms with Crippen molar-refractivity contribution in [1.82, 2.24) is 0 Å². The van der Waals surface area contributed by atoms with E-state index in [1.54, 1.807) is 0 Å². The molecule has 1 N–H and O–H groups in total. The number of carbonyl (C=O) groups excluding carboxylic acids is 1. The molecule has 0 aliphatic rings. The predicted molar refractivity (Wildman–Crippen MR) is 48.1 cm³/mol. The minimum Gasteiger partial charge on any atom is -0.388 e. The van der Waals surface area contributed by atoms with Crippen LogP contribution in [0.1, 0.15) is 0 Å². The molecule has 60 valence electrons. The Labute approximate surface area is 71.2 Å². The number of nitrogens with one attached hydrogen (secondary N) is 1. The lowest BCUT2D eigenvalue weighted by atomic mass is 10.3. The van der Waals surface area contributed by atoms with Crippen molar-refractivity contribution in [2.75, 3.05) is 12.4 Å². The van der Waals surface area contributed by atoms with Crippen LogP contribution in [0.5, 0.6) is 0 Å². The maximum Gasteiger partial charge on any atom is 0.106 e. The quantitative estimate of drug-likeness (QED) is 0.702. The second-order valence-electron chi connectivity index (χ2n) is 1.76. The molecule has 1 rings (SSSR count). The third-order valence-corrected chi connectivity index (χ3v) is 1.35. The van der Waals surface area contributed by atoms with Crippen LogP contribution >= 0.6 is 11.6 Å². The van der Waals surface area contributed by atoms with Crippen molar-refractivity contribution in [2.45, 2.75) is 0 Å². The lowest BCUT2D eigenvalue weighted by molar-refractivity contribution is -0.0979. The van der Waals surface area contributed by atoms with Gasteiger partial charge < -0.3 is 10.1 Å². The van der Waals surface area contributed by atoms with Crippen molar-refractivity contribution in [3.63, 3.8) is 0 Å². The molecule has 0 atom stereocenters. The van der Waals surface area contributed by atoms with Crippen LogP contribution in [-0.2, 0) is 4.79 Å². The van der Waals surface area contributed by atoms with Crippen molar-refractivity contribution < 1.29 is 4.79 Å². The summed E-state index contributed by atoms with van der Waals surface area (Å²) in [7, 11) is 1.87. The van der Waals surface area contributed by atoms with Gasteiger partial charge in [0.2, 0.25) is 0 Å². The Kier molecular flexibility index (Phi) is 5.21. The summed E-state index contributed by atoms with van der Waals surface area (Å²) >= 11 is 5.68. The smallest absolute Gasteiger partial charge is 0.106 e. The van der Waals surface area contributed by atoms with Crippen LogP contribution in [0.15, 0.2) is 24.3 Å². The molecule has 0 unspecified atom stereocenters. The first-order valence-electron chi connectivity index (χ1n) is 3.05. The van der Waals surface area contributed by atoms with Crippen molar-refractivity contribution in [2.24, 2.45) is 0 Å². The van der Waals surface area contributed by atoms with Gasteiger partial charge in [-0.1, -0.05) is 17.7 Å². The zero-order valence-electron chi connectivity index (χ0n) is 6.30. The molecule has 0 saturated heterocycles. The zero-order chi connectivity index (χ0) is 8.69. The Morgan fingerprint density at radius 1 is 1.45 bits per heavy atom. The van der Waals surface area contributed by atoms with E-state index in [1.165, 1.54) is 0 Å². The fourth-order valence-electron chi connectivity index (χ4n) is 0.644. The molecule has 0 fully saturated rings. The lowest BCUT2D eigenvalue weighted by Crippen LogP contribution is -1.85. The first-order chi connectivity index (χ1) is 5.33. The molecule has 0 aliphatic heterocycles. The predicted octanol–water partition coefficient (Wildman–Crippen LogP) is 2.20. The van der Waals surface area contributed by atoms with Crippen LogP contribution in [0, 0.1) is 0 Å². The first-order valence-corrected chi connectivity index (χ1v) is 3.43. The summed E-state index contributed by atoms with van der Waals surface area (Å²) in [6, 6.07) is 7.60. The number of hydrogen-bond acceptors (Lipinski definition) is 2. The van der Waals surface area contributed by atoms with Crippen LogP contribution in [-0.4, -0.2) is 13.8 Å². The molecular weight excluding hydrogens is 162 g/mol. The Morgan fingerprint density at radius 3 is 2.45 bits per heavy atom. The monoisotopic (exact) mass is 171 g/mol. The van der Waals surface area contributed by atoms with Gasteiger partial charge in [-0.3, -0.25) is 0 Å². The molecule has 0 aromatic heterocycles. The van der Waals surface area contributed by atoms with Crippen LogP contribution in [0.2, 0.25) is 5.02 Å². The Morgan fingerprint density at radius 2 is 2.09 bits per heavy atom.